The molecule has 1 heterocycles. The third-order valence-corrected chi connectivity index (χ3v) is 6.36. The monoisotopic (exact) mass is 453 g/mol. The average molecular weight is 454 g/mol. The van der Waals surface area contributed by atoms with E-state index in [-0.39, 0.29) is 10.6 Å². The Morgan fingerprint density at radius 2 is 1.81 bits per heavy atom. The molecule has 0 amide bonds. The van der Waals surface area contributed by atoms with Crippen molar-refractivity contribution < 1.29 is 17.3 Å². The van der Waals surface area contributed by atoms with Crippen molar-refractivity contribution in [2.45, 2.75) is 11.8 Å². The molecule has 4 aromatic rings. The standard InChI is InChI=1S/C22H19N3O4S2/c1-2-28-20-14-16(15-23-25-22-24-18-10-6-7-11-21(18)30-22)12-13-19(20)29-31(26,27)17-8-4-3-5-9-17/h3-15H,2H2,1H3,(H,24,25)/b23-15-. The molecule has 0 spiro atoms. The van der Waals surface area contributed by atoms with Crippen LogP contribution < -0.4 is 14.3 Å². The highest BCUT2D eigenvalue weighted by molar-refractivity contribution is 7.87. The van der Waals surface area contributed by atoms with Crippen molar-refractivity contribution in [3.8, 4) is 11.5 Å². The molecular formula is C22H19N3O4S2. The molecule has 9 heteroatoms. The van der Waals surface area contributed by atoms with Gasteiger partial charge in [0.2, 0.25) is 5.13 Å². The van der Waals surface area contributed by atoms with E-state index < -0.39 is 10.1 Å². The van der Waals surface area contributed by atoms with Crippen LogP contribution in [0, 0.1) is 0 Å². The van der Waals surface area contributed by atoms with E-state index in [1.54, 1.807) is 42.6 Å². The second-order valence-electron chi connectivity index (χ2n) is 6.35. The SMILES string of the molecule is CCOc1cc(/C=N\Nc2nc3ccccc3s2)ccc1OS(=O)(=O)c1ccccc1. The van der Waals surface area contributed by atoms with Gasteiger partial charge in [0.1, 0.15) is 4.90 Å². The summed E-state index contributed by atoms with van der Waals surface area (Å²) < 4.78 is 37.0. The lowest BCUT2D eigenvalue weighted by Gasteiger charge is -2.12. The van der Waals surface area contributed by atoms with Gasteiger partial charge in [-0.15, -0.1) is 0 Å². The highest BCUT2D eigenvalue weighted by Gasteiger charge is 2.19. The summed E-state index contributed by atoms with van der Waals surface area (Å²) in [7, 11) is -3.97. The van der Waals surface area contributed by atoms with E-state index in [9.17, 15) is 8.42 Å². The van der Waals surface area contributed by atoms with Crippen LogP contribution in [0.4, 0.5) is 5.13 Å². The van der Waals surface area contributed by atoms with Gasteiger partial charge < -0.3 is 8.92 Å². The minimum Gasteiger partial charge on any atom is -0.490 e. The first-order valence-corrected chi connectivity index (χ1v) is 11.7. The first-order chi connectivity index (χ1) is 15.0. The fraction of sp³-hybridized carbons (Fsp3) is 0.0909. The van der Waals surface area contributed by atoms with Crippen LogP contribution in [-0.2, 0) is 10.1 Å². The number of nitrogens with one attached hydrogen (secondary N) is 1. The highest BCUT2D eigenvalue weighted by atomic mass is 32.2. The molecule has 0 aliphatic heterocycles. The zero-order valence-corrected chi connectivity index (χ0v) is 18.2. The number of hydrogen-bond donors (Lipinski definition) is 1. The first kappa shape index (κ1) is 20.8. The Kier molecular flexibility index (Phi) is 6.15. The van der Waals surface area contributed by atoms with Crippen LogP contribution in [0.5, 0.6) is 11.5 Å². The Morgan fingerprint density at radius 1 is 1.03 bits per heavy atom. The van der Waals surface area contributed by atoms with Crippen LogP contribution >= 0.6 is 11.3 Å². The minimum atomic E-state index is -3.97. The van der Waals surface area contributed by atoms with Gasteiger partial charge in [0.25, 0.3) is 0 Å². The molecule has 158 valence electrons. The van der Waals surface area contributed by atoms with Crippen molar-refractivity contribution in [2.24, 2.45) is 5.10 Å². The molecule has 4 rings (SSSR count). The molecule has 0 saturated heterocycles. The van der Waals surface area contributed by atoms with Crippen LogP contribution in [0.3, 0.4) is 0 Å². The number of anilines is 1. The second-order valence-corrected chi connectivity index (χ2v) is 8.92. The van der Waals surface area contributed by atoms with E-state index in [4.69, 9.17) is 8.92 Å². The molecule has 0 radical (unpaired) electrons. The Hall–Kier alpha value is -3.43. The molecule has 0 aliphatic carbocycles. The Bertz CT molecular complexity index is 1290. The largest absolute Gasteiger partial charge is 0.490 e. The fourth-order valence-corrected chi connectivity index (χ4v) is 4.55. The number of aromatic nitrogens is 1. The molecule has 1 N–H and O–H groups in total. The minimum absolute atomic E-state index is 0.0723. The van der Waals surface area contributed by atoms with Crippen molar-refractivity contribution in [2.75, 3.05) is 12.0 Å². The predicted octanol–water partition coefficient (Wildman–Crippen LogP) is 4.91. The zero-order valence-electron chi connectivity index (χ0n) is 16.6. The van der Waals surface area contributed by atoms with Crippen molar-refractivity contribution in [3.63, 3.8) is 0 Å². The summed E-state index contributed by atoms with van der Waals surface area (Å²) >= 11 is 1.50. The van der Waals surface area contributed by atoms with Gasteiger partial charge in [-0.3, -0.25) is 5.43 Å². The summed E-state index contributed by atoms with van der Waals surface area (Å²) in [4.78, 5) is 4.53. The summed E-state index contributed by atoms with van der Waals surface area (Å²) in [5.74, 6) is 0.424. The van der Waals surface area contributed by atoms with E-state index in [0.29, 0.717) is 23.1 Å². The molecule has 0 fully saturated rings. The summed E-state index contributed by atoms with van der Waals surface area (Å²) in [5.41, 5.74) is 4.53. The average Bonchev–Trinajstić information content (AvgIpc) is 3.19. The lowest BCUT2D eigenvalue weighted by Crippen LogP contribution is -2.10. The van der Waals surface area contributed by atoms with Gasteiger partial charge in [-0.25, -0.2) is 4.98 Å². The summed E-state index contributed by atoms with van der Waals surface area (Å²) in [6.45, 7) is 2.16. The summed E-state index contributed by atoms with van der Waals surface area (Å²) in [5, 5.41) is 4.90. The Labute approximate surface area is 184 Å². The van der Waals surface area contributed by atoms with E-state index >= 15 is 0 Å². The number of rotatable bonds is 8. The normalized spacial score (nSPS) is 11.6. The molecule has 31 heavy (non-hydrogen) atoms. The molecule has 0 bridgehead atoms. The summed E-state index contributed by atoms with van der Waals surface area (Å²) in [6, 6.07) is 20.7. The van der Waals surface area contributed by atoms with Gasteiger partial charge in [-0.1, -0.05) is 41.7 Å². The maximum atomic E-state index is 12.5. The number of fused-ring (bicyclic) bond motifs is 1. The highest BCUT2D eigenvalue weighted by Crippen LogP contribution is 2.31. The Morgan fingerprint density at radius 3 is 2.58 bits per heavy atom. The van der Waals surface area contributed by atoms with Crippen molar-refractivity contribution in [1.29, 1.82) is 0 Å². The number of benzene rings is 3. The predicted molar refractivity (Wildman–Crippen MR) is 123 cm³/mol. The third-order valence-electron chi connectivity index (χ3n) is 4.17. The van der Waals surface area contributed by atoms with E-state index in [2.05, 4.69) is 15.5 Å². The number of thiazole rings is 1. The number of hydrogen-bond acceptors (Lipinski definition) is 8. The molecule has 7 nitrogen and oxygen atoms in total. The maximum absolute atomic E-state index is 12.5. The van der Waals surface area contributed by atoms with Gasteiger partial charge in [0, 0.05) is 0 Å². The van der Waals surface area contributed by atoms with Crippen LogP contribution in [0.15, 0.2) is 82.8 Å². The molecular weight excluding hydrogens is 434 g/mol. The smallest absolute Gasteiger partial charge is 0.339 e. The van der Waals surface area contributed by atoms with E-state index in [1.165, 1.54) is 23.5 Å². The number of hydrazone groups is 1. The van der Waals surface area contributed by atoms with Gasteiger partial charge in [-0.05, 0) is 55.0 Å². The zero-order chi connectivity index (χ0) is 21.7. The second kappa shape index (κ2) is 9.15. The lowest BCUT2D eigenvalue weighted by molar-refractivity contribution is 0.327. The molecule has 3 aromatic carbocycles. The van der Waals surface area contributed by atoms with Crippen molar-refractivity contribution in [1.82, 2.24) is 4.98 Å². The summed E-state index contributed by atoms with van der Waals surface area (Å²) in [6.07, 6.45) is 1.60. The fourth-order valence-electron chi connectivity index (χ4n) is 2.78. The topological polar surface area (TPSA) is 89.9 Å². The number of para-hydroxylation sites is 1. The van der Waals surface area contributed by atoms with E-state index in [1.807, 2.05) is 31.2 Å². The quantitative estimate of drug-likeness (QED) is 0.232. The van der Waals surface area contributed by atoms with Crippen LogP contribution in [0.25, 0.3) is 10.2 Å². The van der Waals surface area contributed by atoms with Gasteiger partial charge in [0.15, 0.2) is 11.5 Å². The first-order valence-electron chi connectivity index (χ1n) is 9.46. The van der Waals surface area contributed by atoms with Crippen LogP contribution in [0.2, 0.25) is 0 Å². The third kappa shape index (κ3) is 5.01. The molecule has 1 aromatic heterocycles. The van der Waals surface area contributed by atoms with Gasteiger partial charge in [-0.2, -0.15) is 13.5 Å². The maximum Gasteiger partial charge on any atom is 0.339 e. The number of ether oxygens (including phenoxy) is 1. The van der Waals surface area contributed by atoms with Crippen LogP contribution in [-0.4, -0.2) is 26.2 Å². The van der Waals surface area contributed by atoms with E-state index in [0.717, 1.165) is 10.2 Å². The number of nitrogens with zero attached hydrogens (tertiary/aromatic N) is 2. The van der Waals surface area contributed by atoms with Gasteiger partial charge in [0.05, 0.1) is 23.0 Å². The van der Waals surface area contributed by atoms with Crippen molar-refractivity contribution in [3.05, 3.63) is 78.4 Å². The molecule has 0 saturated carbocycles. The Balaban J connectivity index is 1.51. The van der Waals surface area contributed by atoms with Crippen LogP contribution in [0.1, 0.15) is 12.5 Å². The molecule has 0 aliphatic rings. The molecule has 0 atom stereocenters. The molecule has 0 unspecified atom stereocenters. The van der Waals surface area contributed by atoms with Gasteiger partial charge >= 0.3 is 10.1 Å². The lowest BCUT2D eigenvalue weighted by atomic mass is 10.2. The van der Waals surface area contributed by atoms with Crippen molar-refractivity contribution >= 4 is 43.0 Å².